The van der Waals surface area contributed by atoms with Gasteiger partial charge in [-0.05, 0) is 12.8 Å². The van der Waals surface area contributed by atoms with Crippen LogP contribution >= 0.6 is 0 Å². The lowest BCUT2D eigenvalue weighted by Gasteiger charge is -2.41. The molecule has 8 nitrogen and oxygen atoms in total. The first-order valence-corrected chi connectivity index (χ1v) is 7.56. The monoisotopic (exact) mass is 323 g/mol. The van der Waals surface area contributed by atoms with Gasteiger partial charge in [0.25, 0.3) is 5.56 Å². The maximum atomic E-state index is 12.5. The molecule has 1 aliphatic carbocycles. The molecule has 126 valence electrons. The summed E-state index contributed by atoms with van der Waals surface area (Å²) in [6.07, 6.45) is 4.54. The summed E-state index contributed by atoms with van der Waals surface area (Å²) >= 11 is 0. The van der Waals surface area contributed by atoms with Gasteiger partial charge in [0.2, 0.25) is 5.91 Å². The predicted octanol–water partition coefficient (Wildman–Crippen LogP) is -0.207. The number of aliphatic carboxylic acids is 1. The van der Waals surface area contributed by atoms with E-state index in [9.17, 15) is 24.3 Å². The summed E-state index contributed by atoms with van der Waals surface area (Å²) in [5, 5.41) is 9.60. The molecule has 1 amide bonds. The number of carboxylic acids is 1. The van der Waals surface area contributed by atoms with E-state index < -0.39 is 28.7 Å². The summed E-state index contributed by atoms with van der Waals surface area (Å²) in [5.74, 6) is -1.48. The number of nitrogens with zero attached hydrogens (tertiary/aromatic N) is 3. The third-order valence-electron chi connectivity index (χ3n) is 4.66. The van der Waals surface area contributed by atoms with Gasteiger partial charge in [0.15, 0.2) is 0 Å². The minimum atomic E-state index is -1.21. The second-order valence-electron chi connectivity index (χ2n) is 5.97. The summed E-state index contributed by atoms with van der Waals surface area (Å²) in [7, 11) is 2.80. The number of likely N-dealkylation sites (N-methyl/N-ethyl adjacent to an activating group) is 1. The standard InChI is InChI=1S/C15H21N3O5/c1-16-11(19)6-9-18(14(16)23)10-12(20)17(2)15(13(21)22)7-4-3-5-8-15/h6,9H,3-5,7-8,10H2,1-2H3,(H,21,22). The number of aromatic nitrogens is 2. The minimum absolute atomic E-state index is 0.293. The van der Waals surface area contributed by atoms with Crippen LogP contribution in [0.3, 0.4) is 0 Å². The zero-order valence-electron chi connectivity index (χ0n) is 13.3. The largest absolute Gasteiger partial charge is 0.479 e. The van der Waals surface area contributed by atoms with Gasteiger partial charge >= 0.3 is 11.7 Å². The molecule has 1 fully saturated rings. The third-order valence-corrected chi connectivity index (χ3v) is 4.66. The van der Waals surface area contributed by atoms with Crippen molar-refractivity contribution in [3.63, 3.8) is 0 Å². The molecule has 0 aliphatic heterocycles. The Morgan fingerprint density at radius 1 is 1.26 bits per heavy atom. The van der Waals surface area contributed by atoms with Crippen molar-refractivity contribution in [2.75, 3.05) is 7.05 Å². The number of carbonyl (C=O) groups excluding carboxylic acids is 1. The molecule has 0 spiro atoms. The van der Waals surface area contributed by atoms with Crippen LogP contribution in [0.15, 0.2) is 21.9 Å². The second kappa shape index (κ2) is 6.39. The predicted molar refractivity (Wildman–Crippen MR) is 82.2 cm³/mol. The van der Waals surface area contributed by atoms with E-state index in [4.69, 9.17) is 0 Å². The zero-order valence-corrected chi connectivity index (χ0v) is 13.3. The number of carbonyl (C=O) groups is 2. The second-order valence-corrected chi connectivity index (χ2v) is 5.97. The normalized spacial score (nSPS) is 16.8. The Balaban J connectivity index is 2.26. The first kappa shape index (κ1) is 17.0. The molecular formula is C15H21N3O5. The van der Waals surface area contributed by atoms with Crippen molar-refractivity contribution >= 4 is 11.9 Å². The van der Waals surface area contributed by atoms with Crippen molar-refractivity contribution in [2.45, 2.75) is 44.2 Å². The van der Waals surface area contributed by atoms with Crippen molar-refractivity contribution in [1.82, 2.24) is 14.0 Å². The molecule has 23 heavy (non-hydrogen) atoms. The highest BCUT2D eigenvalue weighted by molar-refractivity contribution is 5.87. The number of hydrogen-bond acceptors (Lipinski definition) is 4. The molecule has 0 unspecified atom stereocenters. The van der Waals surface area contributed by atoms with Crippen LogP contribution in [0.1, 0.15) is 32.1 Å². The smallest absolute Gasteiger partial charge is 0.331 e. The third kappa shape index (κ3) is 3.06. The summed E-state index contributed by atoms with van der Waals surface area (Å²) in [6.45, 7) is -0.293. The van der Waals surface area contributed by atoms with Crippen molar-refractivity contribution < 1.29 is 14.7 Å². The summed E-state index contributed by atoms with van der Waals surface area (Å²) in [6, 6.07) is 1.20. The molecule has 1 N–H and O–H groups in total. The molecule has 1 heterocycles. The lowest BCUT2D eigenvalue weighted by Crippen LogP contribution is -2.57. The lowest BCUT2D eigenvalue weighted by molar-refractivity contribution is -0.160. The van der Waals surface area contributed by atoms with Gasteiger partial charge in [0.1, 0.15) is 12.1 Å². The minimum Gasteiger partial charge on any atom is -0.479 e. The maximum absolute atomic E-state index is 12.5. The van der Waals surface area contributed by atoms with Crippen LogP contribution in [-0.4, -0.2) is 43.6 Å². The fourth-order valence-corrected chi connectivity index (χ4v) is 3.06. The van der Waals surface area contributed by atoms with Gasteiger partial charge < -0.3 is 10.0 Å². The molecule has 0 radical (unpaired) electrons. The van der Waals surface area contributed by atoms with E-state index in [-0.39, 0.29) is 6.54 Å². The van der Waals surface area contributed by atoms with Crippen LogP contribution in [0.2, 0.25) is 0 Å². The fraction of sp³-hybridized carbons (Fsp3) is 0.600. The van der Waals surface area contributed by atoms with E-state index in [2.05, 4.69) is 0 Å². The van der Waals surface area contributed by atoms with Gasteiger partial charge in [0.05, 0.1) is 0 Å². The van der Waals surface area contributed by atoms with Crippen molar-refractivity contribution in [2.24, 2.45) is 7.05 Å². The Hall–Kier alpha value is -2.38. The molecule has 1 aliphatic rings. The van der Waals surface area contributed by atoms with Gasteiger partial charge in [-0.15, -0.1) is 0 Å². The molecule has 0 bridgehead atoms. The highest BCUT2D eigenvalue weighted by Gasteiger charge is 2.45. The van der Waals surface area contributed by atoms with E-state index in [1.54, 1.807) is 0 Å². The Morgan fingerprint density at radius 3 is 2.43 bits per heavy atom. The average molecular weight is 323 g/mol. The number of amides is 1. The molecule has 8 heteroatoms. The van der Waals surface area contributed by atoms with Crippen molar-refractivity contribution in [3.05, 3.63) is 33.1 Å². The molecule has 0 atom stereocenters. The Kier molecular flexibility index (Phi) is 4.72. The highest BCUT2D eigenvalue weighted by Crippen LogP contribution is 2.33. The van der Waals surface area contributed by atoms with Gasteiger partial charge in [-0.3, -0.25) is 18.7 Å². The molecule has 1 aromatic heterocycles. The molecule has 0 saturated heterocycles. The van der Waals surface area contributed by atoms with E-state index in [1.807, 2.05) is 0 Å². The zero-order chi connectivity index (χ0) is 17.2. The first-order chi connectivity index (χ1) is 10.8. The van der Waals surface area contributed by atoms with Crippen LogP contribution in [0.5, 0.6) is 0 Å². The number of hydrogen-bond donors (Lipinski definition) is 1. The van der Waals surface area contributed by atoms with Gasteiger partial charge in [-0.2, -0.15) is 0 Å². The molecular weight excluding hydrogens is 302 g/mol. The van der Waals surface area contributed by atoms with E-state index in [0.29, 0.717) is 12.8 Å². The Labute approximate surface area is 132 Å². The van der Waals surface area contributed by atoms with Gasteiger partial charge in [-0.25, -0.2) is 9.59 Å². The summed E-state index contributed by atoms with van der Waals surface area (Å²) in [5.41, 5.74) is -2.27. The molecule has 2 rings (SSSR count). The summed E-state index contributed by atoms with van der Waals surface area (Å²) < 4.78 is 2.01. The Bertz CT molecular complexity index is 727. The highest BCUT2D eigenvalue weighted by atomic mass is 16.4. The van der Waals surface area contributed by atoms with Crippen molar-refractivity contribution in [3.8, 4) is 0 Å². The Morgan fingerprint density at radius 2 is 1.87 bits per heavy atom. The van der Waals surface area contributed by atoms with E-state index >= 15 is 0 Å². The summed E-state index contributed by atoms with van der Waals surface area (Å²) in [4.78, 5) is 48.8. The lowest BCUT2D eigenvalue weighted by atomic mass is 9.80. The van der Waals surface area contributed by atoms with Crippen LogP contribution in [-0.2, 0) is 23.2 Å². The van der Waals surface area contributed by atoms with Crippen LogP contribution in [0, 0.1) is 0 Å². The quantitative estimate of drug-likeness (QED) is 0.826. The average Bonchev–Trinajstić information content (AvgIpc) is 2.55. The molecule has 0 aromatic carbocycles. The van der Waals surface area contributed by atoms with Gasteiger partial charge in [-0.1, -0.05) is 19.3 Å². The topological polar surface area (TPSA) is 102 Å². The SMILES string of the molecule is CN(C(=O)Cn1ccc(=O)n(C)c1=O)C1(C(=O)O)CCCCC1. The van der Waals surface area contributed by atoms with Crippen molar-refractivity contribution in [1.29, 1.82) is 0 Å². The van der Waals surface area contributed by atoms with E-state index in [0.717, 1.165) is 28.4 Å². The number of rotatable bonds is 4. The van der Waals surface area contributed by atoms with E-state index in [1.165, 1.54) is 31.3 Å². The fourth-order valence-electron chi connectivity index (χ4n) is 3.06. The maximum Gasteiger partial charge on any atom is 0.331 e. The van der Waals surface area contributed by atoms with Crippen LogP contribution in [0.25, 0.3) is 0 Å². The molecule has 1 aromatic rings. The molecule has 1 saturated carbocycles. The van der Waals surface area contributed by atoms with Crippen LogP contribution < -0.4 is 11.2 Å². The first-order valence-electron chi connectivity index (χ1n) is 7.56. The van der Waals surface area contributed by atoms with Gasteiger partial charge in [0, 0.05) is 26.4 Å². The number of carboxylic acid groups (broad SMARTS) is 1. The van der Waals surface area contributed by atoms with Crippen LogP contribution in [0.4, 0.5) is 0 Å².